The van der Waals surface area contributed by atoms with Crippen LogP contribution in [0, 0.1) is 0 Å². The molecule has 0 unspecified atom stereocenters. The molecule has 1 amide bonds. The van der Waals surface area contributed by atoms with E-state index in [4.69, 9.17) is 11.6 Å². The highest BCUT2D eigenvalue weighted by Gasteiger charge is 2.22. The van der Waals surface area contributed by atoms with Crippen LogP contribution in [0.4, 0.5) is 5.82 Å². The number of phenolic OH excluding ortho intramolecular Hbond substituents is 1. The molecule has 0 saturated carbocycles. The number of hydrogen-bond acceptors (Lipinski definition) is 5. The fraction of sp³-hybridized carbons (Fsp3) is 0.190. The van der Waals surface area contributed by atoms with Crippen molar-refractivity contribution in [3.05, 3.63) is 60.4 Å². The van der Waals surface area contributed by atoms with Crippen molar-refractivity contribution in [1.82, 2.24) is 14.9 Å². The Morgan fingerprint density at radius 3 is 2.64 bits per heavy atom. The van der Waals surface area contributed by atoms with Gasteiger partial charge in [-0.1, -0.05) is 30.3 Å². The van der Waals surface area contributed by atoms with Gasteiger partial charge in [-0.25, -0.2) is 9.97 Å². The molecule has 142 valence electrons. The second-order valence-corrected chi connectivity index (χ2v) is 7.02. The number of benzene rings is 2. The highest BCUT2D eigenvalue weighted by atomic mass is 35.5. The molecule has 0 bridgehead atoms. The molecular weight excluding hydrogens is 376 g/mol. The Balaban J connectivity index is 1.69. The lowest BCUT2D eigenvalue weighted by Gasteiger charge is -2.35. The minimum Gasteiger partial charge on any atom is -0.508 e. The highest BCUT2D eigenvalue weighted by molar-refractivity contribution is 6.34. The predicted molar refractivity (Wildman–Crippen MR) is 111 cm³/mol. The molecule has 28 heavy (non-hydrogen) atoms. The number of rotatable bonds is 3. The van der Waals surface area contributed by atoms with Crippen LogP contribution in [0.5, 0.6) is 5.75 Å². The van der Waals surface area contributed by atoms with Crippen molar-refractivity contribution in [2.75, 3.05) is 31.1 Å². The minimum atomic E-state index is -0.0500. The number of halogens is 1. The van der Waals surface area contributed by atoms with Crippen LogP contribution in [-0.2, 0) is 4.79 Å². The molecule has 0 radical (unpaired) electrons. The van der Waals surface area contributed by atoms with Crippen LogP contribution in [0.3, 0.4) is 0 Å². The van der Waals surface area contributed by atoms with E-state index in [9.17, 15) is 9.90 Å². The standard InChI is InChI=1S/C21H19ClN4O2/c1-2-20(28)25-6-8-26(9-7-25)21-17-11-18(22)16(12-19(17)23-13-24-21)14-4-3-5-15(27)10-14/h2-5,10-13,27H,1,6-9H2. The van der Waals surface area contributed by atoms with Crippen LogP contribution < -0.4 is 4.90 Å². The number of carbonyl (C=O) groups is 1. The highest BCUT2D eigenvalue weighted by Crippen LogP contribution is 2.35. The van der Waals surface area contributed by atoms with E-state index in [0.29, 0.717) is 31.2 Å². The van der Waals surface area contributed by atoms with E-state index in [-0.39, 0.29) is 11.7 Å². The van der Waals surface area contributed by atoms with E-state index in [1.54, 1.807) is 29.4 Å². The maximum atomic E-state index is 11.8. The summed E-state index contributed by atoms with van der Waals surface area (Å²) in [4.78, 5) is 24.6. The van der Waals surface area contributed by atoms with Crippen LogP contribution in [0.1, 0.15) is 0 Å². The summed E-state index contributed by atoms with van der Waals surface area (Å²) >= 11 is 6.56. The molecule has 2 aromatic carbocycles. The Labute approximate surface area is 167 Å². The molecular formula is C21H19ClN4O2. The number of anilines is 1. The first kappa shape index (κ1) is 18.3. The van der Waals surface area contributed by atoms with Gasteiger partial charge < -0.3 is 14.9 Å². The molecule has 1 N–H and O–H groups in total. The first-order chi connectivity index (χ1) is 13.6. The van der Waals surface area contributed by atoms with Crippen molar-refractivity contribution in [2.24, 2.45) is 0 Å². The van der Waals surface area contributed by atoms with Crippen molar-refractivity contribution in [2.45, 2.75) is 0 Å². The van der Waals surface area contributed by atoms with Gasteiger partial charge in [-0.2, -0.15) is 0 Å². The van der Waals surface area contributed by atoms with Gasteiger partial charge in [-0.3, -0.25) is 4.79 Å². The summed E-state index contributed by atoms with van der Waals surface area (Å²) < 4.78 is 0. The SMILES string of the molecule is C=CC(=O)N1CCN(c2ncnc3cc(-c4cccc(O)c4)c(Cl)cc23)CC1. The van der Waals surface area contributed by atoms with Crippen LogP contribution in [0.2, 0.25) is 5.02 Å². The molecule has 0 atom stereocenters. The summed E-state index contributed by atoms with van der Waals surface area (Å²) in [6.45, 7) is 6.14. The van der Waals surface area contributed by atoms with Crippen molar-refractivity contribution < 1.29 is 9.90 Å². The second kappa shape index (κ2) is 7.48. The number of nitrogens with zero attached hydrogens (tertiary/aromatic N) is 4. The summed E-state index contributed by atoms with van der Waals surface area (Å²) in [5, 5.41) is 11.2. The molecule has 6 nitrogen and oxygen atoms in total. The molecule has 1 saturated heterocycles. The zero-order chi connectivity index (χ0) is 19.7. The average Bonchev–Trinajstić information content (AvgIpc) is 2.72. The topological polar surface area (TPSA) is 69.6 Å². The van der Waals surface area contributed by atoms with E-state index in [1.807, 2.05) is 18.2 Å². The predicted octanol–water partition coefficient (Wildman–Crippen LogP) is 3.49. The third-order valence-corrected chi connectivity index (χ3v) is 5.24. The van der Waals surface area contributed by atoms with Gasteiger partial charge >= 0.3 is 0 Å². The van der Waals surface area contributed by atoms with E-state index in [1.165, 1.54) is 6.08 Å². The van der Waals surface area contributed by atoms with Crippen molar-refractivity contribution in [3.63, 3.8) is 0 Å². The zero-order valence-corrected chi connectivity index (χ0v) is 15.9. The first-order valence-electron chi connectivity index (χ1n) is 8.97. The molecule has 0 spiro atoms. The fourth-order valence-electron chi connectivity index (χ4n) is 3.48. The Morgan fingerprint density at radius 2 is 1.93 bits per heavy atom. The maximum Gasteiger partial charge on any atom is 0.246 e. The fourth-order valence-corrected chi connectivity index (χ4v) is 3.75. The Bertz CT molecular complexity index is 1060. The molecule has 1 aliphatic rings. The van der Waals surface area contributed by atoms with Crippen LogP contribution in [-0.4, -0.2) is 52.1 Å². The van der Waals surface area contributed by atoms with Gasteiger partial charge in [0.05, 0.1) is 5.52 Å². The second-order valence-electron chi connectivity index (χ2n) is 6.61. The number of aromatic nitrogens is 2. The van der Waals surface area contributed by atoms with Gasteiger partial charge in [0.2, 0.25) is 5.91 Å². The van der Waals surface area contributed by atoms with Crippen LogP contribution in [0.15, 0.2) is 55.4 Å². The first-order valence-corrected chi connectivity index (χ1v) is 9.34. The minimum absolute atomic E-state index is 0.0500. The summed E-state index contributed by atoms with van der Waals surface area (Å²) in [5.74, 6) is 0.940. The molecule has 3 aromatic rings. The summed E-state index contributed by atoms with van der Waals surface area (Å²) in [6, 6.07) is 10.7. The largest absolute Gasteiger partial charge is 0.508 e. The third-order valence-electron chi connectivity index (χ3n) is 4.93. The molecule has 1 aromatic heterocycles. The molecule has 1 aliphatic heterocycles. The van der Waals surface area contributed by atoms with E-state index in [2.05, 4.69) is 21.4 Å². The molecule has 2 heterocycles. The Morgan fingerprint density at radius 1 is 1.14 bits per heavy atom. The Hall–Kier alpha value is -3.12. The monoisotopic (exact) mass is 394 g/mol. The lowest BCUT2D eigenvalue weighted by molar-refractivity contribution is -0.126. The van der Waals surface area contributed by atoms with Gasteiger partial charge in [0.25, 0.3) is 0 Å². The number of aromatic hydroxyl groups is 1. The van der Waals surface area contributed by atoms with Gasteiger partial charge in [-0.15, -0.1) is 0 Å². The Kier molecular flexibility index (Phi) is 4.88. The van der Waals surface area contributed by atoms with Gasteiger partial charge in [0.15, 0.2) is 0 Å². The average molecular weight is 395 g/mol. The molecule has 1 fully saturated rings. The maximum absolute atomic E-state index is 11.8. The van der Waals surface area contributed by atoms with Crippen LogP contribution in [0.25, 0.3) is 22.0 Å². The summed E-state index contributed by atoms with van der Waals surface area (Å²) in [5.41, 5.74) is 2.40. The molecule has 4 rings (SSSR count). The van der Waals surface area contributed by atoms with Crippen molar-refractivity contribution >= 4 is 34.2 Å². The van der Waals surface area contributed by atoms with E-state index < -0.39 is 0 Å². The molecule has 7 heteroatoms. The number of fused-ring (bicyclic) bond motifs is 1. The van der Waals surface area contributed by atoms with Crippen LogP contribution >= 0.6 is 11.6 Å². The van der Waals surface area contributed by atoms with E-state index in [0.717, 1.165) is 27.8 Å². The number of piperazine rings is 1. The normalized spacial score (nSPS) is 14.3. The van der Waals surface area contributed by atoms with Gasteiger partial charge in [0.1, 0.15) is 17.9 Å². The quantitative estimate of drug-likeness (QED) is 0.688. The lowest BCUT2D eigenvalue weighted by Crippen LogP contribution is -2.48. The lowest BCUT2D eigenvalue weighted by atomic mass is 10.0. The van der Waals surface area contributed by atoms with Gasteiger partial charge in [-0.05, 0) is 35.9 Å². The summed E-state index contributed by atoms with van der Waals surface area (Å²) in [7, 11) is 0. The molecule has 0 aliphatic carbocycles. The van der Waals surface area contributed by atoms with Crippen molar-refractivity contribution in [3.8, 4) is 16.9 Å². The smallest absolute Gasteiger partial charge is 0.246 e. The number of phenols is 1. The number of carbonyl (C=O) groups excluding carboxylic acids is 1. The van der Waals surface area contributed by atoms with Crippen molar-refractivity contribution in [1.29, 1.82) is 0 Å². The third kappa shape index (κ3) is 3.39. The summed E-state index contributed by atoms with van der Waals surface area (Å²) in [6.07, 6.45) is 2.89. The van der Waals surface area contributed by atoms with E-state index >= 15 is 0 Å². The number of amides is 1. The number of hydrogen-bond donors (Lipinski definition) is 1. The zero-order valence-electron chi connectivity index (χ0n) is 15.2. The van der Waals surface area contributed by atoms with Gasteiger partial charge in [0, 0.05) is 42.2 Å².